The maximum atomic E-state index is 11.2. The Morgan fingerprint density at radius 2 is 2.00 bits per heavy atom. The van der Waals surface area contributed by atoms with Crippen molar-refractivity contribution in [2.75, 3.05) is 13.1 Å². The minimum Gasteiger partial charge on any atom is -0.465 e. The highest BCUT2D eigenvalue weighted by Gasteiger charge is 2.40. The monoisotopic (exact) mass is 334 g/mol. The van der Waals surface area contributed by atoms with Crippen molar-refractivity contribution in [2.24, 2.45) is 0 Å². The zero-order valence-corrected chi connectivity index (χ0v) is 13.6. The topological polar surface area (TPSA) is 87.1 Å². The first-order chi connectivity index (χ1) is 12.2. The van der Waals surface area contributed by atoms with Crippen molar-refractivity contribution < 1.29 is 9.90 Å². The van der Waals surface area contributed by atoms with Gasteiger partial charge in [-0.2, -0.15) is 0 Å². The lowest BCUT2D eigenvalue weighted by atomic mass is 9.97. The van der Waals surface area contributed by atoms with Crippen molar-refractivity contribution >= 4 is 16.9 Å². The molecular formula is C19H18N4O2. The number of nitrogens with zero attached hydrogens (tertiary/aromatic N) is 2. The Balaban J connectivity index is 1.76. The minimum atomic E-state index is -1.07. The highest BCUT2D eigenvalue weighted by atomic mass is 16.4. The van der Waals surface area contributed by atoms with Crippen LogP contribution < -0.4 is 10.6 Å². The maximum Gasteiger partial charge on any atom is 0.405 e. The molecule has 0 radical (unpaired) electrons. The van der Waals surface area contributed by atoms with Crippen LogP contribution in [0.1, 0.15) is 12.2 Å². The number of fused-ring (bicyclic) bond motifs is 1. The summed E-state index contributed by atoms with van der Waals surface area (Å²) in [5.74, 6) is 0.505. The summed E-state index contributed by atoms with van der Waals surface area (Å²) in [6.45, 7) is 1.21. The van der Waals surface area contributed by atoms with Crippen molar-refractivity contribution in [1.82, 2.24) is 20.6 Å². The van der Waals surface area contributed by atoms with Crippen LogP contribution in [0.4, 0.5) is 4.79 Å². The van der Waals surface area contributed by atoms with Gasteiger partial charge < -0.3 is 15.7 Å². The minimum absolute atomic E-state index is 0.487. The molecule has 1 aromatic heterocycles. The zero-order valence-electron chi connectivity index (χ0n) is 13.6. The van der Waals surface area contributed by atoms with Crippen LogP contribution in [0.25, 0.3) is 22.0 Å². The molecular weight excluding hydrogens is 316 g/mol. The van der Waals surface area contributed by atoms with Crippen LogP contribution in [0.3, 0.4) is 0 Å². The Hall–Kier alpha value is -2.99. The zero-order chi connectivity index (χ0) is 17.3. The molecule has 25 heavy (non-hydrogen) atoms. The second-order valence-corrected chi connectivity index (χ2v) is 6.27. The first-order valence-corrected chi connectivity index (χ1v) is 8.21. The molecule has 1 fully saturated rings. The molecule has 2 aromatic carbocycles. The van der Waals surface area contributed by atoms with E-state index in [0.717, 1.165) is 23.2 Å². The fourth-order valence-corrected chi connectivity index (χ4v) is 3.35. The first kappa shape index (κ1) is 15.5. The van der Waals surface area contributed by atoms with Crippen LogP contribution in [0.5, 0.6) is 0 Å². The molecule has 1 amide bonds. The lowest BCUT2D eigenvalue weighted by molar-refractivity contribution is 0.178. The number of hydrogen-bond acceptors (Lipinski definition) is 4. The quantitative estimate of drug-likeness (QED) is 0.685. The molecule has 1 aliphatic heterocycles. The SMILES string of the molecule is O=C(O)N[C@]1(c2nccc(-c3ccc4ccccc4c3)n2)CCNC1. The van der Waals surface area contributed by atoms with E-state index < -0.39 is 11.6 Å². The molecule has 126 valence electrons. The predicted molar refractivity (Wildman–Crippen MR) is 95.3 cm³/mol. The van der Waals surface area contributed by atoms with Gasteiger partial charge in [-0.1, -0.05) is 36.4 Å². The molecule has 1 saturated heterocycles. The van der Waals surface area contributed by atoms with Gasteiger partial charge in [-0.15, -0.1) is 0 Å². The lowest BCUT2D eigenvalue weighted by Crippen LogP contribution is -2.48. The number of hydrogen-bond donors (Lipinski definition) is 3. The number of amides is 1. The van der Waals surface area contributed by atoms with Gasteiger partial charge in [-0.3, -0.25) is 0 Å². The first-order valence-electron chi connectivity index (χ1n) is 8.21. The molecule has 1 aliphatic rings. The van der Waals surface area contributed by atoms with Crippen molar-refractivity contribution in [1.29, 1.82) is 0 Å². The highest BCUT2D eigenvalue weighted by Crippen LogP contribution is 2.28. The van der Waals surface area contributed by atoms with Crippen LogP contribution in [-0.2, 0) is 5.54 Å². The van der Waals surface area contributed by atoms with E-state index in [4.69, 9.17) is 0 Å². The second-order valence-electron chi connectivity index (χ2n) is 6.27. The standard InChI is InChI=1S/C19H18N4O2/c24-18(25)23-19(8-10-20-12-19)17-21-9-7-16(22-17)15-6-5-13-3-1-2-4-14(13)11-15/h1-7,9,11,20,23H,8,10,12H2,(H,24,25)/t19-/m1/s1. The van der Waals surface area contributed by atoms with E-state index in [1.165, 1.54) is 5.39 Å². The summed E-state index contributed by atoms with van der Waals surface area (Å²) in [6, 6.07) is 16.2. The van der Waals surface area contributed by atoms with E-state index in [1.807, 2.05) is 24.3 Å². The summed E-state index contributed by atoms with van der Waals surface area (Å²) >= 11 is 0. The number of carbonyl (C=O) groups is 1. The van der Waals surface area contributed by atoms with Crippen molar-refractivity contribution in [3.8, 4) is 11.3 Å². The number of aromatic nitrogens is 2. The van der Waals surface area contributed by atoms with E-state index in [0.29, 0.717) is 18.8 Å². The van der Waals surface area contributed by atoms with Crippen molar-refractivity contribution in [3.05, 3.63) is 60.6 Å². The van der Waals surface area contributed by atoms with E-state index in [1.54, 1.807) is 6.20 Å². The smallest absolute Gasteiger partial charge is 0.405 e. The number of nitrogens with one attached hydrogen (secondary N) is 2. The van der Waals surface area contributed by atoms with Gasteiger partial charge in [0.1, 0.15) is 5.54 Å². The van der Waals surface area contributed by atoms with E-state index in [9.17, 15) is 9.90 Å². The second kappa shape index (κ2) is 6.14. The fourth-order valence-electron chi connectivity index (χ4n) is 3.35. The van der Waals surface area contributed by atoms with Gasteiger partial charge in [-0.25, -0.2) is 14.8 Å². The average molecular weight is 334 g/mol. The fraction of sp³-hybridized carbons (Fsp3) is 0.211. The molecule has 0 bridgehead atoms. The lowest BCUT2D eigenvalue weighted by Gasteiger charge is -2.26. The number of rotatable bonds is 3. The molecule has 3 N–H and O–H groups in total. The number of carboxylic acid groups (broad SMARTS) is 1. The molecule has 1 atom stereocenters. The van der Waals surface area contributed by atoms with Crippen LogP contribution in [0, 0.1) is 0 Å². The maximum absolute atomic E-state index is 11.2. The van der Waals surface area contributed by atoms with Gasteiger partial charge >= 0.3 is 6.09 Å². The van der Waals surface area contributed by atoms with Crippen LogP contribution in [0.2, 0.25) is 0 Å². The van der Waals surface area contributed by atoms with E-state index in [-0.39, 0.29) is 0 Å². The molecule has 0 saturated carbocycles. The molecule has 0 spiro atoms. The predicted octanol–water partition coefficient (Wildman–Crippen LogP) is 2.75. The molecule has 2 heterocycles. The van der Waals surface area contributed by atoms with Crippen LogP contribution in [0.15, 0.2) is 54.7 Å². The summed E-state index contributed by atoms with van der Waals surface area (Å²) in [7, 11) is 0. The van der Waals surface area contributed by atoms with Gasteiger partial charge in [0, 0.05) is 18.3 Å². The number of benzene rings is 2. The molecule has 0 aliphatic carbocycles. The van der Waals surface area contributed by atoms with Crippen LogP contribution in [-0.4, -0.2) is 34.3 Å². The molecule has 4 rings (SSSR count). The Bertz CT molecular complexity index is 935. The molecule has 6 heteroatoms. The molecule has 6 nitrogen and oxygen atoms in total. The summed E-state index contributed by atoms with van der Waals surface area (Å²) in [5, 5.41) is 17.3. The molecule has 0 unspecified atom stereocenters. The van der Waals surface area contributed by atoms with Gasteiger partial charge in [0.25, 0.3) is 0 Å². The van der Waals surface area contributed by atoms with Crippen molar-refractivity contribution in [2.45, 2.75) is 12.0 Å². The Labute approximate surface area is 144 Å². The summed E-state index contributed by atoms with van der Waals surface area (Å²) in [5.41, 5.74) is 0.992. The summed E-state index contributed by atoms with van der Waals surface area (Å²) in [4.78, 5) is 20.3. The van der Waals surface area contributed by atoms with Gasteiger partial charge in [0.15, 0.2) is 5.82 Å². The van der Waals surface area contributed by atoms with E-state index >= 15 is 0 Å². The normalized spacial score (nSPS) is 19.8. The van der Waals surface area contributed by atoms with Crippen molar-refractivity contribution in [3.63, 3.8) is 0 Å². The Morgan fingerprint density at radius 3 is 2.76 bits per heavy atom. The molecule has 3 aromatic rings. The summed E-state index contributed by atoms with van der Waals surface area (Å²) in [6.07, 6.45) is 1.25. The van der Waals surface area contributed by atoms with Gasteiger partial charge in [0.2, 0.25) is 0 Å². The van der Waals surface area contributed by atoms with Crippen LogP contribution >= 0.6 is 0 Å². The van der Waals surface area contributed by atoms with Gasteiger partial charge in [0.05, 0.1) is 5.69 Å². The highest BCUT2D eigenvalue weighted by molar-refractivity contribution is 5.86. The third-order valence-electron chi connectivity index (χ3n) is 4.63. The largest absolute Gasteiger partial charge is 0.465 e. The Kier molecular flexibility index (Phi) is 3.82. The Morgan fingerprint density at radius 1 is 1.16 bits per heavy atom. The van der Waals surface area contributed by atoms with E-state index in [2.05, 4.69) is 44.9 Å². The average Bonchev–Trinajstić information content (AvgIpc) is 3.10. The third kappa shape index (κ3) is 2.92. The van der Waals surface area contributed by atoms with Gasteiger partial charge in [-0.05, 0) is 35.9 Å². The third-order valence-corrected chi connectivity index (χ3v) is 4.63. The summed E-state index contributed by atoms with van der Waals surface area (Å²) < 4.78 is 0.